The first-order valence-electron chi connectivity index (χ1n) is 6.16. The SMILES string of the molecule is COCCNC(=O)CC(=O)Nc1c(C)cccc1C. The molecule has 0 atom stereocenters. The Balaban J connectivity index is 2.49. The molecule has 1 rings (SSSR count). The van der Waals surface area contributed by atoms with E-state index in [0.717, 1.165) is 16.8 Å². The van der Waals surface area contributed by atoms with Gasteiger partial charge in [0, 0.05) is 19.3 Å². The number of hydrogen-bond acceptors (Lipinski definition) is 3. The van der Waals surface area contributed by atoms with Gasteiger partial charge in [-0.15, -0.1) is 0 Å². The topological polar surface area (TPSA) is 67.4 Å². The molecule has 1 aromatic rings. The van der Waals surface area contributed by atoms with Crippen LogP contribution in [0.1, 0.15) is 17.5 Å². The van der Waals surface area contributed by atoms with E-state index >= 15 is 0 Å². The van der Waals surface area contributed by atoms with Crippen molar-refractivity contribution in [1.29, 1.82) is 0 Å². The summed E-state index contributed by atoms with van der Waals surface area (Å²) in [6, 6.07) is 5.76. The molecular weight excluding hydrogens is 244 g/mol. The second-order valence-electron chi connectivity index (χ2n) is 4.33. The lowest BCUT2D eigenvalue weighted by molar-refractivity contribution is -0.126. The van der Waals surface area contributed by atoms with Crippen molar-refractivity contribution in [3.8, 4) is 0 Å². The Morgan fingerprint density at radius 1 is 1.16 bits per heavy atom. The molecule has 0 aromatic heterocycles. The van der Waals surface area contributed by atoms with Crippen LogP contribution in [-0.2, 0) is 14.3 Å². The molecule has 2 amide bonds. The van der Waals surface area contributed by atoms with Gasteiger partial charge in [0.15, 0.2) is 0 Å². The molecule has 0 saturated heterocycles. The fourth-order valence-corrected chi connectivity index (χ4v) is 1.70. The Labute approximate surface area is 113 Å². The number of nitrogens with one attached hydrogen (secondary N) is 2. The van der Waals surface area contributed by atoms with Crippen LogP contribution in [0.25, 0.3) is 0 Å². The molecule has 0 bridgehead atoms. The molecule has 19 heavy (non-hydrogen) atoms. The van der Waals surface area contributed by atoms with E-state index in [1.807, 2.05) is 32.0 Å². The van der Waals surface area contributed by atoms with Crippen LogP contribution in [0.3, 0.4) is 0 Å². The molecule has 5 heteroatoms. The van der Waals surface area contributed by atoms with Crippen molar-refractivity contribution in [2.24, 2.45) is 0 Å². The lowest BCUT2D eigenvalue weighted by Gasteiger charge is -2.11. The maximum atomic E-state index is 11.8. The molecule has 0 fully saturated rings. The number of benzene rings is 1. The number of carbonyl (C=O) groups is 2. The van der Waals surface area contributed by atoms with Gasteiger partial charge in [0.2, 0.25) is 11.8 Å². The fourth-order valence-electron chi connectivity index (χ4n) is 1.70. The molecule has 0 radical (unpaired) electrons. The van der Waals surface area contributed by atoms with Crippen LogP contribution in [0.5, 0.6) is 0 Å². The molecule has 0 unspecified atom stereocenters. The summed E-state index contributed by atoms with van der Waals surface area (Å²) in [6.45, 7) is 4.68. The van der Waals surface area contributed by atoms with Gasteiger partial charge in [0.05, 0.1) is 6.61 Å². The summed E-state index contributed by atoms with van der Waals surface area (Å²) in [5.74, 6) is -0.617. The summed E-state index contributed by atoms with van der Waals surface area (Å²) in [5.41, 5.74) is 2.73. The van der Waals surface area contributed by atoms with Crippen LogP contribution >= 0.6 is 0 Å². The largest absolute Gasteiger partial charge is 0.383 e. The van der Waals surface area contributed by atoms with E-state index in [0.29, 0.717) is 13.2 Å². The molecular formula is C14H20N2O3. The van der Waals surface area contributed by atoms with Crippen molar-refractivity contribution in [3.63, 3.8) is 0 Å². The Bertz CT molecular complexity index is 438. The number of hydrogen-bond donors (Lipinski definition) is 2. The van der Waals surface area contributed by atoms with Gasteiger partial charge in [0.1, 0.15) is 6.42 Å². The Morgan fingerprint density at radius 2 is 1.79 bits per heavy atom. The van der Waals surface area contributed by atoms with Crippen LogP contribution in [0, 0.1) is 13.8 Å². The highest BCUT2D eigenvalue weighted by molar-refractivity contribution is 6.04. The molecule has 0 heterocycles. The predicted molar refractivity (Wildman–Crippen MR) is 74.0 cm³/mol. The van der Waals surface area contributed by atoms with Gasteiger partial charge in [-0.3, -0.25) is 9.59 Å². The molecule has 0 aliphatic heterocycles. The average Bonchev–Trinajstić information content (AvgIpc) is 2.34. The smallest absolute Gasteiger partial charge is 0.233 e. The number of ether oxygens (including phenoxy) is 1. The number of rotatable bonds is 6. The van der Waals surface area contributed by atoms with Gasteiger partial charge in [0.25, 0.3) is 0 Å². The number of carbonyl (C=O) groups excluding carboxylic acids is 2. The third kappa shape index (κ3) is 5.09. The van der Waals surface area contributed by atoms with Crippen LogP contribution in [0.4, 0.5) is 5.69 Å². The molecule has 5 nitrogen and oxygen atoms in total. The van der Waals surface area contributed by atoms with Crippen molar-refractivity contribution in [2.45, 2.75) is 20.3 Å². The first-order chi connectivity index (χ1) is 9.04. The monoisotopic (exact) mass is 264 g/mol. The summed E-state index contributed by atoms with van der Waals surface area (Å²) in [4.78, 5) is 23.2. The molecule has 0 aliphatic rings. The molecule has 2 N–H and O–H groups in total. The molecule has 104 valence electrons. The highest BCUT2D eigenvalue weighted by Crippen LogP contribution is 2.19. The Kier molecular flexibility index (Phi) is 6.02. The fraction of sp³-hybridized carbons (Fsp3) is 0.429. The van der Waals surface area contributed by atoms with E-state index in [9.17, 15) is 9.59 Å². The zero-order chi connectivity index (χ0) is 14.3. The van der Waals surface area contributed by atoms with E-state index < -0.39 is 0 Å². The third-order valence-electron chi connectivity index (χ3n) is 2.70. The summed E-state index contributed by atoms with van der Waals surface area (Å²) in [7, 11) is 1.56. The summed E-state index contributed by atoms with van der Waals surface area (Å²) < 4.78 is 4.81. The van der Waals surface area contributed by atoms with Crippen molar-refractivity contribution in [1.82, 2.24) is 5.32 Å². The van der Waals surface area contributed by atoms with Crippen molar-refractivity contribution >= 4 is 17.5 Å². The number of para-hydroxylation sites is 1. The third-order valence-corrected chi connectivity index (χ3v) is 2.70. The van der Waals surface area contributed by atoms with Crippen molar-refractivity contribution in [2.75, 3.05) is 25.6 Å². The lowest BCUT2D eigenvalue weighted by atomic mass is 10.1. The van der Waals surface area contributed by atoms with Crippen LogP contribution in [0.15, 0.2) is 18.2 Å². The maximum absolute atomic E-state index is 11.8. The number of aryl methyl sites for hydroxylation is 2. The molecule has 1 aromatic carbocycles. The summed E-state index contributed by atoms with van der Waals surface area (Å²) in [6.07, 6.45) is -0.183. The Morgan fingerprint density at radius 3 is 2.37 bits per heavy atom. The first kappa shape index (κ1) is 15.2. The minimum Gasteiger partial charge on any atom is -0.383 e. The first-order valence-corrected chi connectivity index (χ1v) is 6.16. The van der Waals surface area contributed by atoms with Crippen LogP contribution in [0.2, 0.25) is 0 Å². The minimum atomic E-state index is -0.313. The predicted octanol–water partition coefficient (Wildman–Crippen LogP) is 1.39. The van der Waals surface area contributed by atoms with E-state index in [1.54, 1.807) is 7.11 Å². The molecule has 0 saturated carbocycles. The van der Waals surface area contributed by atoms with Gasteiger partial charge in [-0.1, -0.05) is 18.2 Å². The van der Waals surface area contributed by atoms with Crippen LogP contribution in [-0.4, -0.2) is 32.1 Å². The van der Waals surface area contributed by atoms with Gasteiger partial charge in [-0.2, -0.15) is 0 Å². The second kappa shape index (κ2) is 7.53. The zero-order valence-electron chi connectivity index (χ0n) is 11.6. The minimum absolute atomic E-state index is 0.183. The van der Waals surface area contributed by atoms with E-state index in [4.69, 9.17) is 4.74 Å². The summed E-state index contributed by atoms with van der Waals surface area (Å²) >= 11 is 0. The van der Waals surface area contributed by atoms with Crippen molar-refractivity contribution in [3.05, 3.63) is 29.3 Å². The highest BCUT2D eigenvalue weighted by atomic mass is 16.5. The number of anilines is 1. The van der Waals surface area contributed by atoms with Gasteiger partial charge in [-0.05, 0) is 25.0 Å². The van der Waals surface area contributed by atoms with E-state index in [2.05, 4.69) is 10.6 Å². The van der Waals surface area contributed by atoms with E-state index in [-0.39, 0.29) is 18.2 Å². The van der Waals surface area contributed by atoms with E-state index in [1.165, 1.54) is 0 Å². The maximum Gasteiger partial charge on any atom is 0.233 e. The molecule has 0 spiro atoms. The van der Waals surface area contributed by atoms with Gasteiger partial charge in [-0.25, -0.2) is 0 Å². The van der Waals surface area contributed by atoms with Crippen molar-refractivity contribution < 1.29 is 14.3 Å². The summed E-state index contributed by atoms with van der Waals surface area (Å²) in [5, 5.41) is 5.37. The standard InChI is InChI=1S/C14H20N2O3/c1-10-5-4-6-11(2)14(10)16-13(18)9-12(17)15-7-8-19-3/h4-6H,7-9H2,1-3H3,(H,15,17)(H,16,18). The second-order valence-corrected chi connectivity index (χ2v) is 4.33. The Hall–Kier alpha value is -1.88. The quantitative estimate of drug-likeness (QED) is 0.603. The average molecular weight is 264 g/mol. The number of amides is 2. The normalized spacial score (nSPS) is 10.1. The van der Waals surface area contributed by atoms with Gasteiger partial charge < -0.3 is 15.4 Å². The lowest BCUT2D eigenvalue weighted by Crippen LogP contribution is -2.30. The number of methoxy groups -OCH3 is 1. The highest BCUT2D eigenvalue weighted by Gasteiger charge is 2.11. The molecule has 0 aliphatic carbocycles. The van der Waals surface area contributed by atoms with Crippen LogP contribution < -0.4 is 10.6 Å². The zero-order valence-corrected chi connectivity index (χ0v) is 11.6. The van der Waals surface area contributed by atoms with Gasteiger partial charge >= 0.3 is 0 Å².